The maximum atomic E-state index is 12.2. The molecule has 0 atom stereocenters. The third kappa shape index (κ3) is 3.36. The summed E-state index contributed by atoms with van der Waals surface area (Å²) in [6, 6.07) is 5.38. The second-order valence-corrected chi connectivity index (χ2v) is 4.08. The van der Waals surface area contributed by atoms with Crippen molar-refractivity contribution in [3.05, 3.63) is 34.9 Å². The molecule has 0 saturated heterocycles. The highest BCUT2D eigenvalue weighted by Crippen LogP contribution is 2.13. The Hall–Kier alpha value is -2.28. The zero-order valence-corrected chi connectivity index (χ0v) is 10.4. The van der Waals surface area contributed by atoms with Crippen LogP contribution >= 0.6 is 0 Å². The highest BCUT2D eigenvalue weighted by atomic mass is 16.4. The van der Waals surface area contributed by atoms with Crippen molar-refractivity contribution in [2.75, 3.05) is 13.1 Å². The van der Waals surface area contributed by atoms with Gasteiger partial charge in [0.1, 0.15) is 6.54 Å². The van der Waals surface area contributed by atoms with Gasteiger partial charge >= 0.3 is 5.97 Å². The van der Waals surface area contributed by atoms with Crippen LogP contribution in [0.3, 0.4) is 0 Å². The van der Waals surface area contributed by atoms with Crippen LogP contribution in [-0.4, -0.2) is 35.0 Å². The fourth-order valence-corrected chi connectivity index (χ4v) is 1.70. The lowest BCUT2D eigenvalue weighted by Crippen LogP contribution is -2.36. The maximum absolute atomic E-state index is 12.2. The normalized spacial score (nSPS) is 9.61. The molecule has 0 aromatic heterocycles. The highest BCUT2D eigenvalue weighted by Gasteiger charge is 2.19. The number of carboxylic acid groups (broad SMARTS) is 1. The molecule has 0 fully saturated rings. The van der Waals surface area contributed by atoms with Crippen LogP contribution in [0, 0.1) is 26.2 Å². The van der Waals surface area contributed by atoms with Crippen LogP contribution in [0.4, 0.5) is 0 Å². The summed E-state index contributed by atoms with van der Waals surface area (Å²) < 4.78 is 0. The molecule has 1 rings (SSSR count). The number of benzene rings is 1. The zero-order chi connectivity index (χ0) is 13.7. The summed E-state index contributed by atoms with van der Waals surface area (Å²) in [5.41, 5.74) is 2.34. The largest absolute Gasteiger partial charge is 0.480 e. The average Bonchev–Trinajstić information content (AvgIpc) is 2.27. The fraction of sp³-hybridized carbons (Fsp3) is 0.286. The Bertz CT molecular complexity index is 514. The van der Waals surface area contributed by atoms with Gasteiger partial charge in [-0.1, -0.05) is 23.6 Å². The van der Waals surface area contributed by atoms with Gasteiger partial charge in [0.2, 0.25) is 0 Å². The van der Waals surface area contributed by atoms with Gasteiger partial charge in [0.05, 0.1) is 6.54 Å². The van der Waals surface area contributed by atoms with E-state index in [1.54, 1.807) is 6.07 Å². The minimum absolute atomic E-state index is 0.0154. The summed E-state index contributed by atoms with van der Waals surface area (Å²) >= 11 is 0. The van der Waals surface area contributed by atoms with Gasteiger partial charge in [0.15, 0.2) is 0 Å². The van der Waals surface area contributed by atoms with Gasteiger partial charge < -0.3 is 10.0 Å². The van der Waals surface area contributed by atoms with Crippen LogP contribution < -0.4 is 0 Å². The molecule has 0 bridgehead atoms. The summed E-state index contributed by atoms with van der Waals surface area (Å²) in [7, 11) is 0. The van der Waals surface area contributed by atoms with E-state index in [2.05, 4.69) is 5.92 Å². The first-order valence-electron chi connectivity index (χ1n) is 5.47. The van der Waals surface area contributed by atoms with E-state index >= 15 is 0 Å². The van der Waals surface area contributed by atoms with Gasteiger partial charge in [-0.15, -0.1) is 6.42 Å². The van der Waals surface area contributed by atoms with Crippen LogP contribution in [0.15, 0.2) is 18.2 Å². The standard InChI is InChI=1S/C14H15NO3/c1-4-7-15(9-13(16)17)14(18)12-6-5-10(2)8-11(12)3/h1,5-6,8H,7,9H2,2-3H3,(H,16,17). The number of terminal acetylenes is 1. The second-order valence-electron chi connectivity index (χ2n) is 4.08. The summed E-state index contributed by atoms with van der Waals surface area (Å²) in [5, 5.41) is 8.76. The van der Waals surface area contributed by atoms with Gasteiger partial charge in [-0.3, -0.25) is 9.59 Å². The molecule has 1 N–H and O–H groups in total. The van der Waals surface area contributed by atoms with Crippen molar-refractivity contribution >= 4 is 11.9 Å². The minimum atomic E-state index is -1.08. The monoisotopic (exact) mass is 245 g/mol. The van der Waals surface area contributed by atoms with Gasteiger partial charge in [-0.25, -0.2) is 0 Å². The van der Waals surface area contributed by atoms with Crippen molar-refractivity contribution in [3.8, 4) is 12.3 Å². The molecule has 0 heterocycles. The molecule has 18 heavy (non-hydrogen) atoms. The Morgan fingerprint density at radius 2 is 2.06 bits per heavy atom. The van der Waals surface area contributed by atoms with Crippen LogP contribution in [0.2, 0.25) is 0 Å². The predicted octanol–water partition coefficient (Wildman–Crippen LogP) is 1.46. The quantitative estimate of drug-likeness (QED) is 0.817. The minimum Gasteiger partial charge on any atom is -0.480 e. The Morgan fingerprint density at radius 3 is 2.56 bits per heavy atom. The fourth-order valence-electron chi connectivity index (χ4n) is 1.70. The number of carboxylic acids is 1. The van der Waals surface area contributed by atoms with Gasteiger partial charge in [0, 0.05) is 5.56 Å². The molecule has 0 aliphatic heterocycles. The first-order valence-corrected chi connectivity index (χ1v) is 5.47. The number of hydrogen-bond acceptors (Lipinski definition) is 2. The van der Waals surface area contributed by atoms with Crippen molar-refractivity contribution < 1.29 is 14.7 Å². The number of nitrogens with zero attached hydrogens (tertiary/aromatic N) is 1. The van der Waals surface area contributed by atoms with E-state index in [4.69, 9.17) is 11.5 Å². The molecule has 4 heteroatoms. The van der Waals surface area contributed by atoms with E-state index in [9.17, 15) is 9.59 Å². The summed E-state index contributed by atoms with van der Waals surface area (Å²) in [6.45, 7) is 3.33. The summed E-state index contributed by atoms with van der Waals surface area (Å²) in [4.78, 5) is 24.0. The zero-order valence-electron chi connectivity index (χ0n) is 10.4. The maximum Gasteiger partial charge on any atom is 0.323 e. The molecular formula is C14H15NO3. The number of aliphatic carboxylic acids is 1. The number of hydrogen-bond donors (Lipinski definition) is 1. The lowest BCUT2D eigenvalue weighted by atomic mass is 10.0. The third-order valence-electron chi connectivity index (χ3n) is 2.51. The molecule has 0 saturated carbocycles. The van der Waals surface area contributed by atoms with Crippen LogP contribution in [0.1, 0.15) is 21.5 Å². The average molecular weight is 245 g/mol. The molecule has 4 nitrogen and oxygen atoms in total. The van der Waals surface area contributed by atoms with E-state index in [0.29, 0.717) is 5.56 Å². The summed E-state index contributed by atoms with van der Waals surface area (Å²) in [5.74, 6) is 0.862. The van der Waals surface area contributed by atoms with Crippen molar-refractivity contribution in [1.29, 1.82) is 0 Å². The Morgan fingerprint density at radius 1 is 1.39 bits per heavy atom. The molecule has 0 aliphatic carbocycles. The van der Waals surface area contributed by atoms with E-state index in [0.717, 1.165) is 16.0 Å². The molecule has 1 amide bonds. The van der Waals surface area contributed by atoms with Crippen LogP contribution in [-0.2, 0) is 4.79 Å². The number of carbonyl (C=O) groups excluding carboxylic acids is 1. The Labute approximate surface area is 106 Å². The Kier molecular flexibility index (Phi) is 4.50. The van der Waals surface area contributed by atoms with E-state index in [1.807, 2.05) is 26.0 Å². The van der Waals surface area contributed by atoms with E-state index in [1.165, 1.54) is 0 Å². The molecule has 1 aromatic rings. The van der Waals surface area contributed by atoms with Gasteiger partial charge in [-0.2, -0.15) is 0 Å². The molecule has 94 valence electrons. The van der Waals surface area contributed by atoms with Crippen molar-refractivity contribution in [2.45, 2.75) is 13.8 Å². The molecule has 1 aromatic carbocycles. The second kappa shape index (κ2) is 5.87. The van der Waals surface area contributed by atoms with Gasteiger partial charge in [-0.05, 0) is 25.5 Å². The Balaban J connectivity index is 3.02. The van der Waals surface area contributed by atoms with E-state index in [-0.39, 0.29) is 12.5 Å². The molecule has 0 unspecified atom stereocenters. The van der Waals surface area contributed by atoms with Gasteiger partial charge in [0.25, 0.3) is 5.91 Å². The lowest BCUT2D eigenvalue weighted by Gasteiger charge is -2.19. The summed E-state index contributed by atoms with van der Waals surface area (Å²) in [6.07, 6.45) is 5.15. The van der Waals surface area contributed by atoms with Crippen molar-refractivity contribution in [1.82, 2.24) is 4.90 Å². The number of rotatable bonds is 4. The molecule has 0 spiro atoms. The smallest absolute Gasteiger partial charge is 0.323 e. The van der Waals surface area contributed by atoms with E-state index < -0.39 is 12.5 Å². The highest BCUT2D eigenvalue weighted by molar-refractivity contribution is 5.97. The lowest BCUT2D eigenvalue weighted by molar-refractivity contribution is -0.137. The number of aryl methyl sites for hydroxylation is 2. The first-order chi connectivity index (χ1) is 8.45. The van der Waals surface area contributed by atoms with Crippen LogP contribution in [0.25, 0.3) is 0 Å². The molecular weight excluding hydrogens is 230 g/mol. The number of carbonyl (C=O) groups is 2. The third-order valence-corrected chi connectivity index (χ3v) is 2.51. The number of amides is 1. The van der Waals surface area contributed by atoms with Crippen LogP contribution in [0.5, 0.6) is 0 Å². The van der Waals surface area contributed by atoms with Crippen molar-refractivity contribution in [3.63, 3.8) is 0 Å². The first kappa shape index (κ1) is 13.8. The molecule has 0 aliphatic rings. The van der Waals surface area contributed by atoms with Crippen molar-refractivity contribution in [2.24, 2.45) is 0 Å². The SMILES string of the molecule is C#CCN(CC(=O)O)C(=O)c1ccc(C)cc1C. The topological polar surface area (TPSA) is 57.6 Å². The molecule has 0 radical (unpaired) electrons. The predicted molar refractivity (Wildman–Crippen MR) is 68.3 cm³/mol.